The number of hydrogen-bond donors (Lipinski definition) is 2. The summed E-state index contributed by atoms with van der Waals surface area (Å²) in [5, 5.41) is 12.6. The van der Waals surface area contributed by atoms with Crippen molar-refractivity contribution in [2.75, 3.05) is 4.90 Å². The number of H-pyrrole nitrogens is 1. The van der Waals surface area contributed by atoms with Crippen molar-refractivity contribution in [2.24, 2.45) is 0 Å². The molecule has 1 saturated heterocycles. The second-order valence-electron chi connectivity index (χ2n) is 7.80. The Morgan fingerprint density at radius 3 is 2.50 bits per heavy atom. The fourth-order valence-electron chi connectivity index (χ4n) is 4.25. The molecule has 1 fully saturated rings. The number of fused-ring (bicyclic) bond motifs is 1. The number of aliphatic hydroxyl groups is 1. The number of nitrogens with one attached hydrogen (secondary N) is 1. The predicted octanol–water partition coefficient (Wildman–Crippen LogP) is 5.76. The van der Waals surface area contributed by atoms with Crippen LogP contribution in [0.2, 0.25) is 5.02 Å². The minimum Gasteiger partial charge on any atom is -0.507 e. The lowest BCUT2D eigenvalue weighted by Gasteiger charge is -2.25. The molecule has 158 valence electrons. The Labute approximate surface area is 189 Å². The summed E-state index contributed by atoms with van der Waals surface area (Å²) in [6.07, 6.45) is 1.79. The van der Waals surface area contributed by atoms with E-state index in [1.807, 2.05) is 49.4 Å². The number of aromatic amines is 1. The summed E-state index contributed by atoms with van der Waals surface area (Å²) in [4.78, 5) is 31.2. The molecule has 1 atom stereocenters. The highest BCUT2D eigenvalue weighted by atomic mass is 35.5. The highest BCUT2D eigenvalue weighted by Crippen LogP contribution is 2.44. The zero-order valence-corrected chi connectivity index (χ0v) is 17.9. The van der Waals surface area contributed by atoms with Crippen LogP contribution < -0.4 is 4.90 Å². The van der Waals surface area contributed by atoms with Gasteiger partial charge in [-0.3, -0.25) is 14.5 Å². The van der Waals surface area contributed by atoms with Crippen LogP contribution in [0.4, 0.5) is 5.69 Å². The Balaban J connectivity index is 1.78. The molecule has 4 aromatic rings. The standard InChI is InChI=1S/C26H19ClN2O3/c1-15-5-4-6-18(13-15)29-23(20-14-28-21-8-3-2-7-19(20)21)22(25(31)26(29)32)24(30)16-9-11-17(27)12-10-16/h2-14,23,28,30H,1H3/b24-22+. The fraction of sp³-hybridized carbons (Fsp3) is 0.0769. The molecule has 0 radical (unpaired) electrons. The summed E-state index contributed by atoms with van der Waals surface area (Å²) in [6, 6.07) is 20.8. The first-order valence-electron chi connectivity index (χ1n) is 10.2. The largest absolute Gasteiger partial charge is 0.507 e. The molecule has 1 amide bonds. The first kappa shape index (κ1) is 20.1. The lowest BCUT2D eigenvalue weighted by Crippen LogP contribution is -2.29. The lowest BCUT2D eigenvalue weighted by molar-refractivity contribution is -0.132. The van der Waals surface area contributed by atoms with Gasteiger partial charge in [-0.15, -0.1) is 0 Å². The highest BCUT2D eigenvalue weighted by molar-refractivity contribution is 6.52. The van der Waals surface area contributed by atoms with Crippen molar-refractivity contribution in [3.05, 3.63) is 106 Å². The van der Waals surface area contributed by atoms with Crippen molar-refractivity contribution in [1.82, 2.24) is 4.98 Å². The van der Waals surface area contributed by atoms with E-state index in [9.17, 15) is 14.7 Å². The lowest BCUT2D eigenvalue weighted by atomic mass is 9.94. The van der Waals surface area contributed by atoms with E-state index in [1.54, 1.807) is 36.5 Å². The van der Waals surface area contributed by atoms with E-state index in [2.05, 4.69) is 4.98 Å². The summed E-state index contributed by atoms with van der Waals surface area (Å²) in [7, 11) is 0. The van der Waals surface area contributed by atoms with E-state index in [0.717, 1.165) is 22.0 Å². The molecule has 32 heavy (non-hydrogen) atoms. The van der Waals surface area contributed by atoms with E-state index in [-0.39, 0.29) is 11.3 Å². The summed E-state index contributed by atoms with van der Waals surface area (Å²) >= 11 is 5.99. The maximum Gasteiger partial charge on any atom is 0.300 e. The number of amides is 1. The maximum atomic E-state index is 13.3. The Kier molecular flexibility index (Phi) is 4.83. The van der Waals surface area contributed by atoms with Gasteiger partial charge in [0.1, 0.15) is 5.76 Å². The van der Waals surface area contributed by atoms with Crippen molar-refractivity contribution in [3.8, 4) is 0 Å². The molecule has 2 heterocycles. The molecule has 5 rings (SSSR count). The second kappa shape index (κ2) is 7.70. The third kappa shape index (κ3) is 3.18. The molecule has 0 aliphatic carbocycles. The van der Waals surface area contributed by atoms with Crippen molar-refractivity contribution < 1.29 is 14.7 Å². The third-order valence-electron chi connectivity index (χ3n) is 5.76. The summed E-state index contributed by atoms with van der Waals surface area (Å²) in [5.74, 6) is -1.64. The number of aryl methyl sites for hydroxylation is 1. The summed E-state index contributed by atoms with van der Waals surface area (Å²) in [5.41, 5.74) is 3.63. The van der Waals surface area contributed by atoms with Crippen molar-refractivity contribution in [1.29, 1.82) is 0 Å². The fourth-order valence-corrected chi connectivity index (χ4v) is 4.38. The molecule has 1 aliphatic heterocycles. The minimum absolute atomic E-state index is 0.0450. The summed E-state index contributed by atoms with van der Waals surface area (Å²) in [6.45, 7) is 1.93. The van der Waals surface area contributed by atoms with E-state index in [0.29, 0.717) is 16.3 Å². The number of carbonyl (C=O) groups is 2. The van der Waals surface area contributed by atoms with Crippen molar-refractivity contribution in [2.45, 2.75) is 13.0 Å². The average molecular weight is 443 g/mol. The van der Waals surface area contributed by atoms with Crippen LogP contribution in [-0.4, -0.2) is 21.8 Å². The van der Waals surface area contributed by atoms with Gasteiger partial charge >= 0.3 is 0 Å². The predicted molar refractivity (Wildman–Crippen MR) is 126 cm³/mol. The maximum absolute atomic E-state index is 13.3. The Bertz CT molecular complexity index is 1400. The smallest absolute Gasteiger partial charge is 0.300 e. The number of Topliss-reactive ketones (excluding diaryl/α,β-unsaturated/α-hetero) is 1. The Morgan fingerprint density at radius 2 is 1.75 bits per heavy atom. The van der Waals surface area contributed by atoms with Gasteiger partial charge in [-0.1, -0.05) is 41.9 Å². The number of nitrogens with zero attached hydrogens (tertiary/aromatic N) is 1. The number of aliphatic hydroxyl groups excluding tert-OH is 1. The van der Waals surface area contributed by atoms with Crippen LogP contribution in [0.3, 0.4) is 0 Å². The molecule has 0 spiro atoms. The van der Waals surface area contributed by atoms with Crippen molar-refractivity contribution in [3.63, 3.8) is 0 Å². The zero-order valence-electron chi connectivity index (χ0n) is 17.2. The monoisotopic (exact) mass is 442 g/mol. The van der Waals surface area contributed by atoms with Gasteiger partial charge in [0, 0.05) is 38.9 Å². The van der Waals surface area contributed by atoms with Gasteiger partial charge in [-0.2, -0.15) is 0 Å². The highest BCUT2D eigenvalue weighted by Gasteiger charge is 2.47. The number of halogens is 1. The number of hydrogen-bond acceptors (Lipinski definition) is 3. The van der Waals surface area contributed by atoms with Gasteiger partial charge in [0.05, 0.1) is 11.6 Å². The normalized spacial score (nSPS) is 17.9. The van der Waals surface area contributed by atoms with Crippen LogP contribution in [0.15, 0.2) is 84.6 Å². The minimum atomic E-state index is -0.788. The van der Waals surface area contributed by atoms with Gasteiger partial charge in [0.15, 0.2) is 0 Å². The third-order valence-corrected chi connectivity index (χ3v) is 6.01. The number of carbonyl (C=O) groups excluding carboxylic acids is 2. The van der Waals surface area contributed by atoms with Crippen molar-refractivity contribution >= 4 is 45.6 Å². The number of aromatic nitrogens is 1. The van der Waals surface area contributed by atoms with Crippen LogP contribution in [-0.2, 0) is 9.59 Å². The molecule has 0 bridgehead atoms. The Hall–Kier alpha value is -3.83. The van der Waals surface area contributed by atoms with E-state index < -0.39 is 17.7 Å². The molecule has 1 aliphatic rings. The number of benzene rings is 3. The second-order valence-corrected chi connectivity index (χ2v) is 8.24. The van der Waals surface area contributed by atoms with E-state index >= 15 is 0 Å². The molecule has 6 heteroatoms. The molecule has 5 nitrogen and oxygen atoms in total. The van der Waals surface area contributed by atoms with E-state index in [1.165, 1.54) is 4.90 Å². The van der Waals surface area contributed by atoms with Crippen LogP contribution in [0.5, 0.6) is 0 Å². The van der Waals surface area contributed by atoms with E-state index in [4.69, 9.17) is 11.6 Å². The van der Waals surface area contributed by atoms with Gasteiger partial charge in [-0.05, 0) is 55.0 Å². The van der Waals surface area contributed by atoms with Crippen LogP contribution >= 0.6 is 11.6 Å². The first-order valence-corrected chi connectivity index (χ1v) is 10.5. The van der Waals surface area contributed by atoms with Crippen LogP contribution in [0.1, 0.15) is 22.7 Å². The topological polar surface area (TPSA) is 73.4 Å². The average Bonchev–Trinajstić information content (AvgIpc) is 3.32. The molecular weight excluding hydrogens is 424 g/mol. The van der Waals surface area contributed by atoms with Gasteiger partial charge in [-0.25, -0.2) is 0 Å². The molecule has 1 unspecified atom stereocenters. The molecular formula is C26H19ClN2O3. The molecule has 0 saturated carbocycles. The number of rotatable bonds is 3. The molecule has 2 N–H and O–H groups in total. The van der Waals surface area contributed by atoms with Crippen LogP contribution in [0, 0.1) is 6.92 Å². The molecule has 1 aromatic heterocycles. The number of para-hydroxylation sites is 1. The quantitative estimate of drug-likeness (QED) is 0.241. The Morgan fingerprint density at radius 1 is 1.00 bits per heavy atom. The zero-order chi connectivity index (χ0) is 22.4. The summed E-state index contributed by atoms with van der Waals surface area (Å²) < 4.78 is 0. The van der Waals surface area contributed by atoms with Crippen LogP contribution in [0.25, 0.3) is 16.7 Å². The van der Waals surface area contributed by atoms with Gasteiger partial charge in [0.25, 0.3) is 11.7 Å². The SMILES string of the molecule is Cc1cccc(N2C(=O)C(=O)/C(=C(/O)c3ccc(Cl)cc3)C2c2c[nH]c3ccccc23)c1. The van der Waals surface area contributed by atoms with Gasteiger partial charge < -0.3 is 10.1 Å². The number of anilines is 1. The number of ketones is 1. The van der Waals surface area contributed by atoms with Gasteiger partial charge in [0.2, 0.25) is 0 Å². The first-order chi connectivity index (χ1) is 15.5. The molecule has 3 aromatic carbocycles.